The molecule has 0 aromatic rings. The van der Waals surface area contributed by atoms with Gasteiger partial charge in [-0.3, -0.25) is 0 Å². The Morgan fingerprint density at radius 3 is 2.58 bits per heavy atom. The maximum absolute atomic E-state index is 6.05. The molecule has 0 spiro atoms. The van der Waals surface area contributed by atoms with Crippen LogP contribution >= 0.6 is 0 Å². The molecular weight excluding hydrogens is 146 g/mol. The molecule has 1 aliphatic carbocycles. The Labute approximate surface area is 75.3 Å². The normalized spacial score (nSPS) is 24.2. The zero-order valence-corrected chi connectivity index (χ0v) is 8.35. The van der Waals surface area contributed by atoms with Crippen molar-refractivity contribution < 1.29 is 0 Å². The zero-order chi connectivity index (χ0) is 9.14. The summed E-state index contributed by atoms with van der Waals surface area (Å²) in [7, 11) is 0. The monoisotopic (exact) mass is 165 g/mol. The molecule has 0 heterocycles. The molecule has 2 N–H and O–H groups in total. The van der Waals surface area contributed by atoms with Gasteiger partial charge in [0.15, 0.2) is 0 Å². The molecule has 1 aliphatic rings. The number of hydrogen-bond acceptors (Lipinski definition) is 1. The van der Waals surface area contributed by atoms with Gasteiger partial charge in [-0.1, -0.05) is 26.8 Å². The summed E-state index contributed by atoms with van der Waals surface area (Å²) in [5.74, 6) is 0.658. The van der Waals surface area contributed by atoms with Crippen molar-refractivity contribution in [3.05, 3.63) is 22.9 Å². The van der Waals surface area contributed by atoms with Gasteiger partial charge in [0.05, 0.1) is 0 Å². The van der Waals surface area contributed by atoms with E-state index in [-0.39, 0.29) is 0 Å². The molecule has 1 unspecified atom stereocenters. The fourth-order valence-electron chi connectivity index (χ4n) is 1.92. The Kier molecular flexibility index (Phi) is 2.96. The van der Waals surface area contributed by atoms with Crippen LogP contribution in [0.3, 0.4) is 0 Å². The molecule has 0 amide bonds. The molecule has 0 bridgehead atoms. The van der Waals surface area contributed by atoms with Crippen LogP contribution in [0.4, 0.5) is 0 Å². The predicted molar refractivity (Wildman–Crippen MR) is 53.7 cm³/mol. The second-order valence-corrected chi connectivity index (χ2v) is 3.51. The van der Waals surface area contributed by atoms with Crippen LogP contribution in [0.15, 0.2) is 22.9 Å². The Hall–Kier alpha value is -0.720. The second-order valence-electron chi connectivity index (χ2n) is 3.51. The van der Waals surface area contributed by atoms with E-state index < -0.39 is 0 Å². The van der Waals surface area contributed by atoms with Gasteiger partial charge in [0.1, 0.15) is 0 Å². The highest BCUT2D eigenvalue weighted by Gasteiger charge is 2.16. The van der Waals surface area contributed by atoms with Crippen molar-refractivity contribution in [2.75, 3.05) is 0 Å². The zero-order valence-electron chi connectivity index (χ0n) is 8.35. The summed E-state index contributed by atoms with van der Waals surface area (Å²) in [4.78, 5) is 0. The van der Waals surface area contributed by atoms with Crippen molar-refractivity contribution in [2.45, 2.75) is 40.0 Å². The minimum absolute atomic E-state index is 0.658. The van der Waals surface area contributed by atoms with E-state index in [0.717, 1.165) is 18.5 Å². The Morgan fingerprint density at radius 1 is 1.42 bits per heavy atom. The molecule has 0 radical (unpaired) electrons. The minimum Gasteiger partial charge on any atom is -0.399 e. The summed E-state index contributed by atoms with van der Waals surface area (Å²) in [6.07, 6.45) is 5.64. The molecule has 0 saturated carbocycles. The van der Waals surface area contributed by atoms with Gasteiger partial charge < -0.3 is 5.73 Å². The quantitative estimate of drug-likeness (QED) is 0.668. The molecular formula is C11H19N. The van der Waals surface area contributed by atoms with E-state index in [2.05, 4.69) is 26.8 Å². The third-order valence-corrected chi connectivity index (χ3v) is 2.77. The van der Waals surface area contributed by atoms with Crippen LogP contribution in [0.1, 0.15) is 40.0 Å². The third kappa shape index (κ3) is 1.55. The number of hydrogen-bond donors (Lipinski definition) is 1. The highest BCUT2D eigenvalue weighted by Crippen LogP contribution is 2.30. The summed E-state index contributed by atoms with van der Waals surface area (Å²) >= 11 is 0. The van der Waals surface area contributed by atoms with E-state index in [1.807, 2.05) is 0 Å². The standard InChI is InChI=1S/C11H19N/c1-4-9-7-6-8(3)10(5-2)11(9)12/h7-8H,4-6,12H2,1-3H3. The molecule has 0 fully saturated rings. The maximum atomic E-state index is 6.05. The van der Waals surface area contributed by atoms with E-state index in [1.54, 1.807) is 0 Å². The lowest BCUT2D eigenvalue weighted by molar-refractivity contribution is 0.638. The maximum Gasteiger partial charge on any atom is 0.0337 e. The molecule has 0 saturated heterocycles. The van der Waals surface area contributed by atoms with Crippen molar-refractivity contribution >= 4 is 0 Å². The predicted octanol–water partition coefficient (Wildman–Crippen LogP) is 2.99. The average Bonchev–Trinajstić information content (AvgIpc) is 2.06. The van der Waals surface area contributed by atoms with Crippen molar-refractivity contribution in [3.63, 3.8) is 0 Å². The van der Waals surface area contributed by atoms with Crippen LogP contribution < -0.4 is 5.73 Å². The molecule has 0 aromatic heterocycles. The molecule has 12 heavy (non-hydrogen) atoms. The highest BCUT2D eigenvalue weighted by molar-refractivity contribution is 5.37. The molecule has 1 rings (SSSR count). The largest absolute Gasteiger partial charge is 0.399 e. The lowest BCUT2D eigenvalue weighted by atomic mass is 9.85. The summed E-state index contributed by atoms with van der Waals surface area (Å²) < 4.78 is 0. The van der Waals surface area contributed by atoms with E-state index >= 15 is 0 Å². The molecule has 68 valence electrons. The van der Waals surface area contributed by atoms with Gasteiger partial charge in [-0.2, -0.15) is 0 Å². The van der Waals surface area contributed by atoms with Crippen molar-refractivity contribution in [2.24, 2.45) is 11.7 Å². The second kappa shape index (κ2) is 3.79. The molecule has 1 heteroatoms. The highest BCUT2D eigenvalue weighted by atomic mass is 14.6. The summed E-state index contributed by atoms with van der Waals surface area (Å²) in [6, 6.07) is 0. The third-order valence-electron chi connectivity index (χ3n) is 2.77. The molecule has 0 aliphatic heterocycles. The summed E-state index contributed by atoms with van der Waals surface area (Å²) in [6.45, 7) is 6.62. The first-order chi connectivity index (χ1) is 5.70. The average molecular weight is 165 g/mol. The minimum atomic E-state index is 0.658. The first-order valence-corrected chi connectivity index (χ1v) is 4.88. The van der Waals surface area contributed by atoms with Crippen molar-refractivity contribution in [1.82, 2.24) is 0 Å². The van der Waals surface area contributed by atoms with Crippen LogP contribution in [0.25, 0.3) is 0 Å². The van der Waals surface area contributed by atoms with Crippen LogP contribution in [0.2, 0.25) is 0 Å². The van der Waals surface area contributed by atoms with Gasteiger partial charge in [0.2, 0.25) is 0 Å². The van der Waals surface area contributed by atoms with Gasteiger partial charge in [-0.05, 0) is 36.3 Å². The first kappa shape index (κ1) is 9.37. The van der Waals surface area contributed by atoms with Gasteiger partial charge in [-0.15, -0.1) is 0 Å². The fraction of sp³-hybridized carbons (Fsp3) is 0.636. The smallest absolute Gasteiger partial charge is 0.0337 e. The van der Waals surface area contributed by atoms with E-state index in [1.165, 1.54) is 17.6 Å². The lowest BCUT2D eigenvalue weighted by Gasteiger charge is -2.23. The Bertz CT molecular complexity index is 223. The van der Waals surface area contributed by atoms with E-state index in [9.17, 15) is 0 Å². The fourth-order valence-corrected chi connectivity index (χ4v) is 1.92. The topological polar surface area (TPSA) is 26.0 Å². The SMILES string of the molecule is CCC1=CCC(C)C(CC)=C1N. The molecule has 1 nitrogen and oxygen atoms in total. The van der Waals surface area contributed by atoms with Crippen LogP contribution in [-0.2, 0) is 0 Å². The molecule has 1 atom stereocenters. The van der Waals surface area contributed by atoms with E-state index in [4.69, 9.17) is 5.73 Å². The van der Waals surface area contributed by atoms with Gasteiger partial charge >= 0.3 is 0 Å². The lowest BCUT2D eigenvalue weighted by Crippen LogP contribution is -2.14. The van der Waals surface area contributed by atoms with E-state index in [0.29, 0.717) is 5.92 Å². The number of rotatable bonds is 2. The molecule has 0 aromatic carbocycles. The van der Waals surface area contributed by atoms with Gasteiger partial charge in [0.25, 0.3) is 0 Å². The first-order valence-electron chi connectivity index (χ1n) is 4.88. The summed E-state index contributed by atoms with van der Waals surface area (Å²) in [5.41, 5.74) is 9.92. The van der Waals surface area contributed by atoms with Crippen LogP contribution in [0.5, 0.6) is 0 Å². The van der Waals surface area contributed by atoms with Crippen LogP contribution in [-0.4, -0.2) is 0 Å². The number of allylic oxidation sites excluding steroid dienone is 3. The van der Waals surface area contributed by atoms with Gasteiger partial charge in [0, 0.05) is 5.70 Å². The van der Waals surface area contributed by atoms with Crippen molar-refractivity contribution in [3.8, 4) is 0 Å². The van der Waals surface area contributed by atoms with Crippen LogP contribution in [0, 0.1) is 5.92 Å². The Morgan fingerprint density at radius 2 is 2.08 bits per heavy atom. The van der Waals surface area contributed by atoms with Gasteiger partial charge in [-0.25, -0.2) is 0 Å². The number of nitrogens with two attached hydrogens (primary N) is 1. The summed E-state index contributed by atoms with van der Waals surface area (Å²) in [5, 5.41) is 0. The Balaban J connectivity index is 2.93. The van der Waals surface area contributed by atoms with Crippen molar-refractivity contribution in [1.29, 1.82) is 0 Å².